The molecule has 32 heavy (non-hydrogen) atoms. The van der Waals surface area contributed by atoms with Gasteiger partial charge in [0.25, 0.3) is 0 Å². The Bertz CT molecular complexity index is 965. The molecule has 0 amide bonds. The molecule has 7 nitrogen and oxygen atoms in total. The number of amidine groups is 2. The zero-order valence-electron chi connectivity index (χ0n) is 19.1. The Balaban J connectivity index is 1.73. The lowest BCUT2D eigenvalue weighted by Crippen LogP contribution is -2.42. The van der Waals surface area contributed by atoms with Crippen LogP contribution in [-0.4, -0.2) is 48.7 Å². The number of carbonyl (C=O) groups excluding carboxylic acids is 1. The molecular formula is C25H33N5O2. The first-order valence-electron chi connectivity index (χ1n) is 11.1. The number of ether oxygens (including phenoxy) is 1. The van der Waals surface area contributed by atoms with Crippen LogP contribution in [0.15, 0.2) is 48.5 Å². The number of hydrogen-bond donors (Lipinski definition) is 3. The van der Waals surface area contributed by atoms with Crippen molar-refractivity contribution in [1.29, 1.82) is 10.8 Å². The van der Waals surface area contributed by atoms with Crippen molar-refractivity contribution in [2.45, 2.75) is 39.2 Å². The minimum Gasteiger partial charge on any atom is -0.425 e. The molecule has 1 atom stereocenters. The molecule has 3 rings (SSSR count). The number of nitrogens with two attached hydrogens (primary N) is 1. The van der Waals surface area contributed by atoms with Crippen LogP contribution in [0.3, 0.4) is 0 Å². The summed E-state index contributed by atoms with van der Waals surface area (Å²) in [6, 6.07) is 14.0. The molecule has 2 aromatic rings. The van der Waals surface area contributed by atoms with Gasteiger partial charge in [0.15, 0.2) is 0 Å². The molecule has 1 heterocycles. The molecule has 1 aliphatic heterocycles. The molecule has 4 N–H and O–H groups in total. The molecule has 0 aliphatic carbocycles. The minimum absolute atomic E-state index is 0.0113. The second kappa shape index (κ2) is 10.3. The predicted molar refractivity (Wildman–Crippen MR) is 129 cm³/mol. The number of esters is 1. The first kappa shape index (κ1) is 23.3. The summed E-state index contributed by atoms with van der Waals surface area (Å²) in [6.07, 6.45) is 2.87. The smallest absolute Gasteiger partial charge is 0.334 e. The number of nitrogens with one attached hydrogen (secondary N) is 2. The Morgan fingerprint density at radius 1 is 1.09 bits per heavy atom. The number of carbonyl (C=O) groups is 1. The van der Waals surface area contributed by atoms with Gasteiger partial charge in [-0.05, 0) is 61.6 Å². The number of likely N-dealkylation sites (N-methyl/N-ethyl adjacent to an activating group) is 1. The Morgan fingerprint density at radius 2 is 1.75 bits per heavy atom. The molecule has 1 aliphatic rings. The number of rotatable bonds is 8. The van der Waals surface area contributed by atoms with Crippen molar-refractivity contribution < 1.29 is 9.53 Å². The number of nitrogen functional groups attached to an aromatic ring is 1. The highest BCUT2D eigenvalue weighted by molar-refractivity contribution is 5.97. The molecule has 2 aromatic carbocycles. The van der Waals surface area contributed by atoms with Crippen LogP contribution in [0.1, 0.15) is 44.2 Å². The van der Waals surface area contributed by atoms with Gasteiger partial charge in [-0.1, -0.05) is 26.0 Å². The van der Waals surface area contributed by atoms with Crippen molar-refractivity contribution in [3.8, 4) is 5.75 Å². The van der Waals surface area contributed by atoms with E-state index in [9.17, 15) is 4.79 Å². The lowest BCUT2D eigenvalue weighted by atomic mass is 10.0. The van der Waals surface area contributed by atoms with E-state index in [0.717, 1.165) is 37.2 Å². The summed E-state index contributed by atoms with van der Waals surface area (Å²) in [7, 11) is 1.86. The van der Waals surface area contributed by atoms with Crippen LogP contribution in [0, 0.1) is 16.7 Å². The highest BCUT2D eigenvalue weighted by Gasteiger charge is 2.27. The third kappa shape index (κ3) is 5.66. The summed E-state index contributed by atoms with van der Waals surface area (Å²) in [6.45, 7) is 5.98. The Morgan fingerprint density at radius 3 is 2.34 bits per heavy atom. The molecule has 0 bridgehead atoms. The predicted octanol–water partition coefficient (Wildman–Crippen LogP) is 3.85. The van der Waals surface area contributed by atoms with Gasteiger partial charge in [-0.3, -0.25) is 10.8 Å². The highest BCUT2D eigenvalue weighted by Crippen LogP contribution is 2.23. The van der Waals surface area contributed by atoms with Crippen LogP contribution in [0.5, 0.6) is 5.75 Å². The lowest BCUT2D eigenvalue weighted by Gasteiger charge is -2.30. The van der Waals surface area contributed by atoms with Crippen LogP contribution < -0.4 is 15.4 Å². The van der Waals surface area contributed by atoms with Gasteiger partial charge in [0, 0.05) is 37.0 Å². The Kier molecular flexibility index (Phi) is 7.51. The first-order valence-corrected chi connectivity index (χ1v) is 11.1. The van der Waals surface area contributed by atoms with E-state index >= 15 is 0 Å². The quantitative estimate of drug-likeness (QED) is 0.253. The fourth-order valence-electron chi connectivity index (χ4n) is 3.92. The maximum absolute atomic E-state index is 13.1. The van der Waals surface area contributed by atoms with Crippen molar-refractivity contribution in [2.75, 3.05) is 25.0 Å². The number of hydrogen-bond acceptors (Lipinski definition) is 5. The summed E-state index contributed by atoms with van der Waals surface area (Å²) in [5.41, 5.74) is 7.87. The lowest BCUT2D eigenvalue weighted by molar-refractivity contribution is -0.136. The van der Waals surface area contributed by atoms with E-state index in [4.69, 9.17) is 21.3 Å². The van der Waals surface area contributed by atoms with Gasteiger partial charge in [0.2, 0.25) is 0 Å². The standard InChI is InChI=1S/C25H33N5O2/c1-17(2)15-22(29(3)20-8-6-7-19(16-20)23(26)27)25(31)32-21-11-9-18(10-12-21)24(28)30-13-4-5-14-30/h6-12,16-17,22,28H,4-5,13-15H2,1-3H3,(H3,26,27)/t22-/m0/s1. The number of anilines is 1. The maximum Gasteiger partial charge on any atom is 0.334 e. The number of likely N-dealkylation sites (tertiary alicyclic amines) is 1. The van der Waals surface area contributed by atoms with E-state index in [1.807, 2.05) is 42.3 Å². The molecule has 7 heteroatoms. The van der Waals surface area contributed by atoms with Crippen molar-refractivity contribution in [1.82, 2.24) is 4.90 Å². The summed E-state index contributed by atoms with van der Waals surface area (Å²) >= 11 is 0. The summed E-state index contributed by atoms with van der Waals surface area (Å²) in [5, 5.41) is 16.0. The second-order valence-corrected chi connectivity index (χ2v) is 8.71. The van der Waals surface area contributed by atoms with Gasteiger partial charge in [0.05, 0.1) is 0 Å². The summed E-state index contributed by atoms with van der Waals surface area (Å²) in [5.74, 6) is 0.921. The van der Waals surface area contributed by atoms with E-state index in [2.05, 4.69) is 18.7 Å². The van der Waals surface area contributed by atoms with Crippen molar-refractivity contribution in [3.05, 3.63) is 59.7 Å². The number of benzene rings is 2. The molecule has 1 saturated heterocycles. The molecule has 0 aromatic heterocycles. The first-order chi connectivity index (χ1) is 15.3. The highest BCUT2D eigenvalue weighted by atomic mass is 16.5. The average molecular weight is 436 g/mol. The van der Waals surface area contributed by atoms with Crippen molar-refractivity contribution in [2.24, 2.45) is 11.7 Å². The van der Waals surface area contributed by atoms with Crippen molar-refractivity contribution >= 4 is 23.3 Å². The molecular weight excluding hydrogens is 402 g/mol. The van der Waals surface area contributed by atoms with Crippen LogP contribution in [0.2, 0.25) is 0 Å². The molecule has 0 unspecified atom stereocenters. The van der Waals surface area contributed by atoms with E-state index < -0.39 is 6.04 Å². The Hall–Kier alpha value is -3.35. The third-order valence-electron chi connectivity index (χ3n) is 5.77. The SMILES string of the molecule is CC(C)C[C@@H](C(=O)Oc1ccc(C(=N)N2CCCC2)cc1)N(C)c1cccc(C(=N)N)c1. The third-order valence-corrected chi connectivity index (χ3v) is 5.77. The van der Waals surface area contributed by atoms with Crippen LogP contribution in [0.25, 0.3) is 0 Å². The largest absolute Gasteiger partial charge is 0.425 e. The van der Waals surface area contributed by atoms with Crippen molar-refractivity contribution in [3.63, 3.8) is 0 Å². The van der Waals surface area contributed by atoms with Gasteiger partial charge in [-0.15, -0.1) is 0 Å². The summed E-state index contributed by atoms with van der Waals surface area (Å²) in [4.78, 5) is 17.1. The minimum atomic E-state index is -0.486. The van der Waals surface area contributed by atoms with Crippen LogP contribution in [0.4, 0.5) is 5.69 Å². The summed E-state index contributed by atoms with van der Waals surface area (Å²) < 4.78 is 5.73. The van der Waals surface area contributed by atoms with E-state index in [0.29, 0.717) is 23.6 Å². The molecule has 1 fully saturated rings. The van der Waals surface area contributed by atoms with E-state index in [1.165, 1.54) is 0 Å². The zero-order valence-corrected chi connectivity index (χ0v) is 19.1. The van der Waals surface area contributed by atoms with Gasteiger partial charge in [-0.25, -0.2) is 4.79 Å². The normalized spacial score (nSPS) is 14.3. The monoisotopic (exact) mass is 435 g/mol. The topological polar surface area (TPSA) is 107 Å². The fraction of sp³-hybridized carbons (Fsp3) is 0.400. The van der Waals surface area contributed by atoms with Gasteiger partial charge in [0.1, 0.15) is 23.5 Å². The van der Waals surface area contributed by atoms with Gasteiger partial charge in [-0.2, -0.15) is 0 Å². The van der Waals surface area contributed by atoms with E-state index in [1.54, 1.807) is 18.2 Å². The van der Waals surface area contributed by atoms with Crippen LogP contribution >= 0.6 is 0 Å². The van der Waals surface area contributed by atoms with E-state index in [-0.39, 0.29) is 17.7 Å². The fourth-order valence-corrected chi connectivity index (χ4v) is 3.92. The van der Waals surface area contributed by atoms with Gasteiger partial charge >= 0.3 is 5.97 Å². The molecule has 0 spiro atoms. The van der Waals surface area contributed by atoms with Gasteiger partial charge < -0.3 is 20.3 Å². The average Bonchev–Trinajstić information content (AvgIpc) is 3.32. The molecule has 0 saturated carbocycles. The molecule has 170 valence electrons. The Labute approximate surface area is 190 Å². The second-order valence-electron chi connectivity index (χ2n) is 8.71. The molecule has 0 radical (unpaired) electrons. The zero-order chi connectivity index (χ0) is 23.3. The van der Waals surface area contributed by atoms with Crippen LogP contribution in [-0.2, 0) is 4.79 Å². The number of nitrogens with zero attached hydrogens (tertiary/aromatic N) is 2. The maximum atomic E-state index is 13.1.